The zero-order chi connectivity index (χ0) is 33.7. The van der Waals surface area contributed by atoms with Gasteiger partial charge in [-0.15, -0.1) is 21.5 Å². The van der Waals surface area contributed by atoms with Crippen molar-refractivity contribution in [2.75, 3.05) is 25.5 Å². The number of halogens is 1. The summed E-state index contributed by atoms with van der Waals surface area (Å²) in [5.74, 6) is 6.20. The summed E-state index contributed by atoms with van der Waals surface area (Å²) in [7, 11) is 1.54. The zero-order valence-electron chi connectivity index (χ0n) is 26.5. The molecule has 242 valence electrons. The molecule has 0 radical (unpaired) electrons. The minimum atomic E-state index is -0.584. The molecule has 4 aromatic rings. The maximum atomic E-state index is 13.2. The number of nitrogens with one attached hydrogen (secondary N) is 3. The Hall–Kier alpha value is -4.83. The molecule has 0 saturated heterocycles. The molecule has 11 nitrogen and oxygen atoms in total. The lowest BCUT2D eigenvalue weighted by molar-refractivity contribution is -0.122. The highest BCUT2D eigenvalue weighted by atomic mass is 35.5. The number of anilines is 1. The molecular formula is C34H35ClN8O3S. The van der Waals surface area contributed by atoms with Crippen LogP contribution in [0.1, 0.15) is 74.4 Å². The summed E-state index contributed by atoms with van der Waals surface area (Å²) in [4.78, 5) is 44.4. The van der Waals surface area contributed by atoms with E-state index in [1.807, 2.05) is 35.8 Å². The third kappa shape index (κ3) is 7.44. The predicted octanol–water partition coefficient (Wildman–Crippen LogP) is 4.39. The number of amides is 3. The number of carbonyl (C=O) groups excluding carboxylic acids is 3. The van der Waals surface area contributed by atoms with Crippen LogP contribution in [0.4, 0.5) is 5.69 Å². The molecule has 0 fully saturated rings. The fourth-order valence-electron chi connectivity index (χ4n) is 5.28. The van der Waals surface area contributed by atoms with Crippen molar-refractivity contribution in [2.45, 2.75) is 46.1 Å². The van der Waals surface area contributed by atoms with Gasteiger partial charge in [-0.05, 0) is 63.1 Å². The van der Waals surface area contributed by atoms with Crippen molar-refractivity contribution >= 4 is 52.1 Å². The monoisotopic (exact) mass is 670 g/mol. The highest BCUT2D eigenvalue weighted by Crippen LogP contribution is 2.39. The second kappa shape index (κ2) is 14.7. The highest BCUT2D eigenvalue weighted by Gasteiger charge is 2.32. The number of carbonyl (C=O) groups is 3. The van der Waals surface area contributed by atoms with Crippen LogP contribution in [0, 0.1) is 32.6 Å². The van der Waals surface area contributed by atoms with Gasteiger partial charge in [0.25, 0.3) is 5.91 Å². The highest BCUT2D eigenvalue weighted by molar-refractivity contribution is 7.15. The summed E-state index contributed by atoms with van der Waals surface area (Å²) in [6.45, 7) is 6.49. The van der Waals surface area contributed by atoms with Crippen molar-refractivity contribution in [1.29, 1.82) is 0 Å². The molecule has 0 aliphatic carbocycles. The fraction of sp³-hybridized carbons (Fsp3) is 0.294. The van der Waals surface area contributed by atoms with Gasteiger partial charge in [-0.25, -0.2) is 0 Å². The van der Waals surface area contributed by atoms with Crippen molar-refractivity contribution in [3.63, 3.8) is 0 Å². The van der Waals surface area contributed by atoms with Crippen LogP contribution < -0.4 is 21.7 Å². The van der Waals surface area contributed by atoms with Crippen LogP contribution in [0.5, 0.6) is 0 Å². The molecule has 0 spiro atoms. The smallest absolute Gasteiger partial charge is 0.252 e. The molecule has 1 atom stereocenters. The van der Waals surface area contributed by atoms with Crippen LogP contribution in [-0.2, 0) is 9.59 Å². The summed E-state index contributed by atoms with van der Waals surface area (Å²) in [6, 6.07) is 11.8. The third-order valence-electron chi connectivity index (χ3n) is 7.74. The van der Waals surface area contributed by atoms with Crippen molar-refractivity contribution < 1.29 is 14.4 Å². The second-order valence-corrected chi connectivity index (χ2v) is 12.6. The van der Waals surface area contributed by atoms with E-state index in [1.165, 1.54) is 7.05 Å². The number of aryl methyl sites for hydroxylation is 2. The van der Waals surface area contributed by atoms with Gasteiger partial charge in [0.1, 0.15) is 16.9 Å². The lowest BCUT2D eigenvalue weighted by atomic mass is 9.99. The molecule has 0 bridgehead atoms. The number of rotatable bonds is 9. The minimum Gasteiger partial charge on any atom is -0.356 e. The van der Waals surface area contributed by atoms with Gasteiger partial charge < -0.3 is 21.7 Å². The standard InChI is InChI=1S/C34H35ClN8O3S/c1-19-20(2)47-34-30(19)31(22-9-11-24(35)12-10-22)40-27(32-42-41-21(3)43(32)34)18-29(45)38-16-6-8-28(44)39-25-13-14-26(33(46)37-4)23(17-25)7-5-15-36/h9-14,17,27H,6,8,15-16,18,36H2,1-4H3,(H,37,46)(H,38,45)(H,39,44)/t27-/m0/s1. The first-order valence-electron chi connectivity index (χ1n) is 15.1. The lowest BCUT2D eigenvalue weighted by Crippen LogP contribution is -2.27. The van der Waals surface area contributed by atoms with E-state index in [0.29, 0.717) is 46.5 Å². The Morgan fingerprint density at radius 2 is 1.83 bits per heavy atom. The Morgan fingerprint density at radius 1 is 1.06 bits per heavy atom. The van der Waals surface area contributed by atoms with Gasteiger partial charge >= 0.3 is 0 Å². The van der Waals surface area contributed by atoms with Gasteiger partial charge in [-0.3, -0.25) is 23.9 Å². The van der Waals surface area contributed by atoms with Gasteiger partial charge in [-0.1, -0.05) is 35.6 Å². The van der Waals surface area contributed by atoms with E-state index in [1.54, 1.807) is 29.5 Å². The summed E-state index contributed by atoms with van der Waals surface area (Å²) in [5, 5.41) is 18.7. The first-order valence-corrected chi connectivity index (χ1v) is 16.3. The average Bonchev–Trinajstić information content (AvgIpc) is 3.53. The maximum Gasteiger partial charge on any atom is 0.252 e. The first kappa shape index (κ1) is 33.5. The van der Waals surface area contributed by atoms with E-state index in [9.17, 15) is 14.4 Å². The van der Waals surface area contributed by atoms with E-state index < -0.39 is 6.04 Å². The van der Waals surface area contributed by atoms with Crippen LogP contribution >= 0.6 is 22.9 Å². The molecule has 5 rings (SSSR count). The van der Waals surface area contributed by atoms with E-state index in [0.717, 1.165) is 32.3 Å². The molecule has 1 aliphatic rings. The van der Waals surface area contributed by atoms with Crippen molar-refractivity contribution in [2.24, 2.45) is 10.7 Å². The van der Waals surface area contributed by atoms with E-state index in [2.05, 4.69) is 51.8 Å². The third-order valence-corrected chi connectivity index (χ3v) is 9.18. The number of fused-ring (bicyclic) bond motifs is 3. The molecule has 1 aliphatic heterocycles. The number of benzene rings is 2. The van der Waals surface area contributed by atoms with Crippen LogP contribution in [0.15, 0.2) is 47.5 Å². The molecular weight excluding hydrogens is 636 g/mol. The summed E-state index contributed by atoms with van der Waals surface area (Å²) in [5.41, 5.74) is 10.6. The number of aromatic nitrogens is 3. The average molecular weight is 671 g/mol. The molecule has 3 amide bonds. The van der Waals surface area contributed by atoms with E-state index >= 15 is 0 Å². The SMILES string of the molecule is CNC(=O)c1ccc(NC(=O)CCCNC(=O)C[C@@H]2N=C(c3ccc(Cl)cc3)c3c(sc(C)c3C)-n3c(C)nnc32)cc1C#CCN. The van der Waals surface area contributed by atoms with Crippen LogP contribution in [-0.4, -0.2) is 58.3 Å². The van der Waals surface area contributed by atoms with Gasteiger partial charge in [0, 0.05) is 52.3 Å². The van der Waals surface area contributed by atoms with Crippen LogP contribution in [0.2, 0.25) is 5.02 Å². The summed E-state index contributed by atoms with van der Waals surface area (Å²) >= 11 is 7.85. The molecule has 2 aromatic heterocycles. The second-order valence-electron chi connectivity index (χ2n) is 11.0. The topological polar surface area (TPSA) is 156 Å². The number of hydrogen-bond donors (Lipinski definition) is 4. The molecule has 3 heterocycles. The number of nitrogens with zero attached hydrogens (tertiary/aromatic N) is 4. The molecule has 0 saturated carbocycles. The van der Waals surface area contributed by atoms with E-state index in [4.69, 9.17) is 22.3 Å². The summed E-state index contributed by atoms with van der Waals surface area (Å²) in [6.07, 6.45) is 0.650. The predicted molar refractivity (Wildman–Crippen MR) is 185 cm³/mol. The Kier molecular flexibility index (Phi) is 10.5. The Morgan fingerprint density at radius 3 is 2.55 bits per heavy atom. The fourth-order valence-corrected chi connectivity index (χ4v) is 6.62. The number of thiophene rings is 1. The quantitative estimate of drug-likeness (QED) is 0.153. The first-order chi connectivity index (χ1) is 22.6. The van der Waals surface area contributed by atoms with Gasteiger partial charge in [0.15, 0.2) is 5.82 Å². The minimum absolute atomic E-state index is 0.0543. The van der Waals surface area contributed by atoms with E-state index in [-0.39, 0.29) is 37.1 Å². The number of nitrogens with two attached hydrogens (primary N) is 1. The number of hydrogen-bond acceptors (Lipinski definition) is 8. The normalized spacial score (nSPS) is 13.3. The summed E-state index contributed by atoms with van der Waals surface area (Å²) < 4.78 is 2.00. The molecule has 47 heavy (non-hydrogen) atoms. The number of aliphatic imine (C=N–C) groups is 1. The Bertz CT molecular complexity index is 1930. The Balaban J connectivity index is 1.25. The van der Waals surface area contributed by atoms with Gasteiger partial charge in [0.05, 0.1) is 24.2 Å². The Labute approximate surface area is 282 Å². The molecule has 13 heteroatoms. The lowest BCUT2D eigenvalue weighted by Gasteiger charge is -2.13. The molecule has 5 N–H and O–H groups in total. The van der Waals surface area contributed by atoms with Crippen molar-refractivity contribution in [1.82, 2.24) is 25.4 Å². The zero-order valence-corrected chi connectivity index (χ0v) is 28.1. The van der Waals surface area contributed by atoms with Gasteiger partial charge in [-0.2, -0.15) is 0 Å². The van der Waals surface area contributed by atoms with Gasteiger partial charge in [0.2, 0.25) is 11.8 Å². The molecule has 0 unspecified atom stereocenters. The van der Waals surface area contributed by atoms with Crippen molar-refractivity contribution in [3.05, 3.63) is 91.8 Å². The molecule has 2 aromatic carbocycles. The van der Waals surface area contributed by atoms with Crippen LogP contribution in [0.3, 0.4) is 0 Å². The van der Waals surface area contributed by atoms with Crippen molar-refractivity contribution in [3.8, 4) is 16.8 Å². The largest absolute Gasteiger partial charge is 0.356 e. The maximum absolute atomic E-state index is 13.2. The van der Waals surface area contributed by atoms with Crippen LogP contribution in [0.25, 0.3) is 5.00 Å².